The second-order valence-electron chi connectivity index (χ2n) is 5.83. The molecule has 0 unspecified atom stereocenters. The van der Waals surface area contributed by atoms with Crippen LogP contribution in [0.2, 0.25) is 0 Å². The largest absolute Gasteiger partial charge is 0.370 e. The van der Waals surface area contributed by atoms with E-state index >= 15 is 0 Å². The van der Waals surface area contributed by atoms with Crippen molar-refractivity contribution in [3.63, 3.8) is 0 Å². The summed E-state index contributed by atoms with van der Waals surface area (Å²) in [5, 5.41) is 6.49. The second-order valence-corrected chi connectivity index (χ2v) is 6.69. The highest BCUT2D eigenvalue weighted by atomic mass is 127. The minimum absolute atomic E-state index is 0. The maximum Gasteiger partial charge on any atom is 0.188 e. The molecule has 0 aromatic carbocycles. The van der Waals surface area contributed by atoms with Crippen LogP contribution in [0.5, 0.6) is 0 Å². The fraction of sp³-hybridized carbons (Fsp3) is 0.692. The first-order valence-corrected chi connectivity index (χ1v) is 7.34. The zero-order valence-corrected chi connectivity index (χ0v) is 14.9. The number of halogens is 1. The van der Waals surface area contributed by atoms with Gasteiger partial charge in [-0.1, -0.05) is 20.8 Å². The topological polar surface area (TPSA) is 63.3 Å². The minimum Gasteiger partial charge on any atom is -0.370 e. The number of thiazole rings is 1. The smallest absolute Gasteiger partial charge is 0.188 e. The Hall–Kier alpha value is -0.370. The number of aliphatic imine (C=N–C) groups is 1. The summed E-state index contributed by atoms with van der Waals surface area (Å²) in [4.78, 5) is 8.96. The Morgan fingerprint density at radius 1 is 1.53 bits per heavy atom. The molecule has 1 heterocycles. The Bertz CT molecular complexity index is 432. The molecule has 0 bridgehead atoms. The maximum absolute atomic E-state index is 5.77. The highest BCUT2D eigenvalue weighted by Gasteiger charge is 2.21. The van der Waals surface area contributed by atoms with E-state index in [2.05, 4.69) is 41.4 Å². The summed E-state index contributed by atoms with van der Waals surface area (Å²) in [7, 11) is 0. The van der Waals surface area contributed by atoms with Crippen molar-refractivity contribution >= 4 is 41.3 Å². The third-order valence-corrected chi connectivity index (χ3v) is 4.09. The van der Waals surface area contributed by atoms with Gasteiger partial charge in [0, 0.05) is 29.8 Å². The molecule has 6 heteroatoms. The zero-order valence-electron chi connectivity index (χ0n) is 11.8. The molecule has 4 nitrogen and oxygen atoms in total. The van der Waals surface area contributed by atoms with Gasteiger partial charge in [-0.05, 0) is 12.8 Å². The molecule has 0 radical (unpaired) electrons. The van der Waals surface area contributed by atoms with Gasteiger partial charge in [-0.25, -0.2) is 4.98 Å². The minimum atomic E-state index is 0. The first kappa shape index (κ1) is 16.7. The van der Waals surface area contributed by atoms with Gasteiger partial charge >= 0.3 is 0 Å². The molecular formula is C13H23IN4S. The second kappa shape index (κ2) is 6.88. The van der Waals surface area contributed by atoms with Crippen LogP contribution in [0.4, 0.5) is 0 Å². The molecule has 1 saturated carbocycles. The molecule has 0 aliphatic heterocycles. The molecule has 1 aliphatic rings. The summed E-state index contributed by atoms with van der Waals surface area (Å²) >= 11 is 1.73. The molecule has 1 aliphatic carbocycles. The lowest BCUT2D eigenvalue weighted by molar-refractivity contribution is 0.583. The van der Waals surface area contributed by atoms with Crippen LogP contribution in [-0.2, 0) is 11.8 Å². The molecule has 0 saturated heterocycles. The van der Waals surface area contributed by atoms with E-state index in [0.717, 1.165) is 12.1 Å². The van der Waals surface area contributed by atoms with Crippen LogP contribution < -0.4 is 11.1 Å². The molecule has 2 rings (SSSR count). The van der Waals surface area contributed by atoms with E-state index in [-0.39, 0.29) is 29.4 Å². The molecule has 1 aromatic rings. The SMILES string of the molecule is CC(C)(C)c1nc(CCN=C(N)NC2CC2)cs1.I. The number of hydrogen-bond donors (Lipinski definition) is 2. The van der Waals surface area contributed by atoms with Crippen LogP contribution in [0.1, 0.15) is 44.3 Å². The van der Waals surface area contributed by atoms with E-state index in [9.17, 15) is 0 Å². The number of rotatable bonds is 4. The molecule has 108 valence electrons. The van der Waals surface area contributed by atoms with E-state index in [1.54, 1.807) is 11.3 Å². The van der Waals surface area contributed by atoms with Gasteiger partial charge in [0.1, 0.15) is 0 Å². The highest BCUT2D eigenvalue weighted by Crippen LogP contribution is 2.25. The summed E-state index contributed by atoms with van der Waals surface area (Å²) in [5.74, 6) is 0.573. The fourth-order valence-corrected chi connectivity index (χ4v) is 2.48. The molecule has 0 amide bonds. The number of nitrogens with zero attached hydrogens (tertiary/aromatic N) is 2. The highest BCUT2D eigenvalue weighted by molar-refractivity contribution is 14.0. The first-order chi connectivity index (χ1) is 8.45. The lowest BCUT2D eigenvalue weighted by Crippen LogP contribution is -2.33. The summed E-state index contributed by atoms with van der Waals surface area (Å²) in [6.45, 7) is 7.26. The van der Waals surface area contributed by atoms with E-state index < -0.39 is 0 Å². The number of hydrogen-bond acceptors (Lipinski definition) is 3. The summed E-state index contributed by atoms with van der Waals surface area (Å²) in [6, 6.07) is 0.570. The van der Waals surface area contributed by atoms with Crippen molar-refractivity contribution in [2.75, 3.05) is 6.54 Å². The van der Waals surface area contributed by atoms with Crippen LogP contribution >= 0.6 is 35.3 Å². The molecule has 0 atom stereocenters. The maximum atomic E-state index is 5.77. The van der Waals surface area contributed by atoms with Gasteiger partial charge in [-0.15, -0.1) is 35.3 Å². The molecule has 3 N–H and O–H groups in total. The van der Waals surface area contributed by atoms with Crippen LogP contribution in [0, 0.1) is 0 Å². The Labute approximate surface area is 136 Å². The lowest BCUT2D eigenvalue weighted by atomic mass is 9.98. The summed E-state index contributed by atoms with van der Waals surface area (Å²) in [6.07, 6.45) is 3.30. The lowest BCUT2D eigenvalue weighted by Gasteiger charge is -2.13. The van der Waals surface area contributed by atoms with Crippen molar-refractivity contribution in [3.05, 3.63) is 16.1 Å². The van der Waals surface area contributed by atoms with Crippen molar-refractivity contribution in [3.8, 4) is 0 Å². The molecule has 19 heavy (non-hydrogen) atoms. The van der Waals surface area contributed by atoms with Crippen LogP contribution in [0.15, 0.2) is 10.4 Å². The molecule has 1 aromatic heterocycles. The van der Waals surface area contributed by atoms with Gasteiger partial charge in [0.05, 0.1) is 10.7 Å². The van der Waals surface area contributed by atoms with Crippen LogP contribution in [-0.4, -0.2) is 23.5 Å². The monoisotopic (exact) mass is 394 g/mol. The van der Waals surface area contributed by atoms with E-state index in [4.69, 9.17) is 5.73 Å². The molecule has 0 spiro atoms. The van der Waals surface area contributed by atoms with Crippen molar-refractivity contribution in [2.24, 2.45) is 10.7 Å². The number of aromatic nitrogens is 1. The number of nitrogens with one attached hydrogen (secondary N) is 1. The van der Waals surface area contributed by atoms with Crippen molar-refractivity contribution < 1.29 is 0 Å². The Morgan fingerprint density at radius 3 is 2.74 bits per heavy atom. The predicted molar refractivity (Wildman–Crippen MR) is 92.6 cm³/mol. The van der Waals surface area contributed by atoms with Crippen LogP contribution in [0.3, 0.4) is 0 Å². The van der Waals surface area contributed by atoms with Crippen LogP contribution in [0.25, 0.3) is 0 Å². The Kier molecular flexibility index (Phi) is 6.04. The number of guanidine groups is 1. The number of nitrogens with two attached hydrogens (primary N) is 1. The van der Waals surface area contributed by atoms with Gasteiger partial charge in [-0.2, -0.15) is 0 Å². The molecule has 1 fully saturated rings. The Balaban J connectivity index is 0.00000180. The third kappa shape index (κ3) is 5.64. The van der Waals surface area contributed by atoms with E-state index in [1.165, 1.54) is 17.8 Å². The average Bonchev–Trinajstić information content (AvgIpc) is 2.93. The van der Waals surface area contributed by atoms with Gasteiger partial charge < -0.3 is 11.1 Å². The van der Waals surface area contributed by atoms with Crippen molar-refractivity contribution in [1.82, 2.24) is 10.3 Å². The van der Waals surface area contributed by atoms with Gasteiger partial charge in [0.15, 0.2) is 5.96 Å². The van der Waals surface area contributed by atoms with Gasteiger partial charge in [0.2, 0.25) is 0 Å². The van der Waals surface area contributed by atoms with Gasteiger partial charge in [-0.3, -0.25) is 4.99 Å². The first-order valence-electron chi connectivity index (χ1n) is 6.46. The normalized spacial score (nSPS) is 16.1. The Morgan fingerprint density at radius 2 is 2.21 bits per heavy atom. The summed E-state index contributed by atoms with van der Waals surface area (Å²) in [5.41, 5.74) is 7.03. The zero-order chi connectivity index (χ0) is 13.2. The predicted octanol–water partition coefficient (Wildman–Crippen LogP) is 2.67. The fourth-order valence-electron chi connectivity index (χ4n) is 1.54. The van der Waals surface area contributed by atoms with E-state index in [0.29, 0.717) is 18.5 Å². The van der Waals surface area contributed by atoms with E-state index in [1.807, 2.05) is 0 Å². The summed E-state index contributed by atoms with van der Waals surface area (Å²) < 4.78 is 0. The van der Waals surface area contributed by atoms with Gasteiger partial charge in [0.25, 0.3) is 0 Å². The average molecular weight is 394 g/mol. The third-order valence-electron chi connectivity index (χ3n) is 2.77. The van der Waals surface area contributed by atoms with Crippen molar-refractivity contribution in [1.29, 1.82) is 0 Å². The van der Waals surface area contributed by atoms with Crippen molar-refractivity contribution in [2.45, 2.75) is 51.5 Å². The standard InChI is InChI=1S/C13H22N4S.HI/c1-13(2,3)11-16-10(8-18-11)6-7-15-12(14)17-9-4-5-9;/h8-9H,4-7H2,1-3H3,(H3,14,15,17);1H. The molecular weight excluding hydrogens is 371 g/mol. The quantitative estimate of drug-likeness (QED) is 0.469.